The van der Waals surface area contributed by atoms with Gasteiger partial charge in [0.1, 0.15) is 11.3 Å². The number of aryl methyl sites for hydroxylation is 1. The summed E-state index contributed by atoms with van der Waals surface area (Å²) in [7, 11) is 1.67. The average Bonchev–Trinajstić information content (AvgIpc) is 3.39. The highest BCUT2D eigenvalue weighted by Crippen LogP contribution is 2.31. The van der Waals surface area contributed by atoms with Crippen LogP contribution in [0.2, 0.25) is 0 Å². The molecule has 0 N–H and O–H groups in total. The van der Waals surface area contributed by atoms with Crippen molar-refractivity contribution in [3.8, 4) is 5.75 Å². The van der Waals surface area contributed by atoms with Crippen LogP contribution in [0.15, 0.2) is 46.9 Å². The minimum Gasteiger partial charge on any atom is -0.495 e. The SMILES string of the molecule is COc1ccccc1N1CCN(C(=O)[C@H]2CC(=O)N(c3ccc4oc(C)nc4c3)C2)CC1. The van der Waals surface area contributed by atoms with Crippen molar-refractivity contribution in [2.24, 2.45) is 5.92 Å². The molecule has 2 fully saturated rings. The molecule has 166 valence electrons. The number of hydrogen-bond donors (Lipinski definition) is 0. The van der Waals surface area contributed by atoms with Gasteiger partial charge in [-0.25, -0.2) is 4.98 Å². The first-order valence-corrected chi connectivity index (χ1v) is 10.9. The summed E-state index contributed by atoms with van der Waals surface area (Å²) in [6.45, 7) is 4.92. The van der Waals surface area contributed by atoms with Gasteiger partial charge in [0.25, 0.3) is 0 Å². The number of aromatic nitrogens is 1. The van der Waals surface area contributed by atoms with Crippen LogP contribution in [0.25, 0.3) is 11.1 Å². The number of ether oxygens (including phenoxy) is 1. The number of hydrogen-bond acceptors (Lipinski definition) is 6. The summed E-state index contributed by atoms with van der Waals surface area (Å²) in [5.41, 5.74) is 3.21. The maximum absolute atomic E-state index is 13.2. The molecule has 0 bridgehead atoms. The van der Waals surface area contributed by atoms with Crippen LogP contribution in [0.4, 0.5) is 11.4 Å². The van der Waals surface area contributed by atoms with Crippen LogP contribution in [0.1, 0.15) is 12.3 Å². The molecule has 0 unspecified atom stereocenters. The number of nitrogens with zero attached hydrogens (tertiary/aromatic N) is 4. The fourth-order valence-corrected chi connectivity index (χ4v) is 4.64. The first kappa shape index (κ1) is 20.4. The third kappa shape index (κ3) is 3.66. The van der Waals surface area contributed by atoms with Gasteiger partial charge < -0.3 is 23.9 Å². The first-order chi connectivity index (χ1) is 15.5. The second-order valence-electron chi connectivity index (χ2n) is 8.27. The Morgan fingerprint density at radius 3 is 2.69 bits per heavy atom. The van der Waals surface area contributed by atoms with Gasteiger partial charge in [0.05, 0.1) is 18.7 Å². The summed E-state index contributed by atoms with van der Waals surface area (Å²) < 4.78 is 11.0. The zero-order chi connectivity index (χ0) is 22.2. The van der Waals surface area contributed by atoms with E-state index in [1.807, 2.05) is 47.4 Å². The standard InChI is InChI=1S/C24H26N4O4/c1-16-25-19-14-18(7-8-21(19)32-16)28-15-17(13-23(28)29)24(30)27-11-9-26(10-12-27)20-5-3-4-6-22(20)31-2/h3-8,14,17H,9-13,15H2,1-2H3/t17-/m0/s1. The molecule has 5 rings (SSSR count). The fraction of sp³-hybridized carbons (Fsp3) is 0.375. The number of para-hydroxylation sites is 2. The lowest BCUT2D eigenvalue weighted by molar-refractivity contribution is -0.136. The molecule has 2 saturated heterocycles. The van der Waals surface area contributed by atoms with E-state index in [-0.39, 0.29) is 24.2 Å². The average molecular weight is 434 g/mol. The van der Waals surface area contributed by atoms with Crippen LogP contribution in [0.3, 0.4) is 0 Å². The maximum atomic E-state index is 13.2. The van der Waals surface area contributed by atoms with E-state index >= 15 is 0 Å². The van der Waals surface area contributed by atoms with Crippen molar-refractivity contribution in [2.45, 2.75) is 13.3 Å². The fourth-order valence-electron chi connectivity index (χ4n) is 4.64. The third-order valence-corrected chi connectivity index (χ3v) is 6.28. The van der Waals surface area contributed by atoms with Gasteiger partial charge in [-0.2, -0.15) is 0 Å². The van der Waals surface area contributed by atoms with Crippen molar-refractivity contribution in [2.75, 3.05) is 49.6 Å². The first-order valence-electron chi connectivity index (χ1n) is 10.9. The zero-order valence-corrected chi connectivity index (χ0v) is 18.3. The van der Waals surface area contributed by atoms with E-state index in [2.05, 4.69) is 9.88 Å². The third-order valence-electron chi connectivity index (χ3n) is 6.28. The largest absolute Gasteiger partial charge is 0.495 e. The molecule has 3 aromatic rings. The lowest BCUT2D eigenvalue weighted by Crippen LogP contribution is -2.50. The lowest BCUT2D eigenvalue weighted by atomic mass is 10.1. The van der Waals surface area contributed by atoms with E-state index in [0.29, 0.717) is 31.1 Å². The minimum absolute atomic E-state index is 0.0319. The van der Waals surface area contributed by atoms with E-state index in [1.165, 1.54) is 0 Å². The molecule has 0 aliphatic carbocycles. The molecule has 2 aliphatic rings. The molecule has 2 aromatic carbocycles. The Bertz CT molecular complexity index is 1170. The molecule has 0 saturated carbocycles. The van der Waals surface area contributed by atoms with Crippen molar-refractivity contribution >= 4 is 34.3 Å². The normalized spacial score (nSPS) is 19.1. The van der Waals surface area contributed by atoms with Gasteiger partial charge in [0.15, 0.2) is 11.5 Å². The van der Waals surface area contributed by atoms with Gasteiger partial charge in [-0.1, -0.05) is 12.1 Å². The Morgan fingerprint density at radius 1 is 1.12 bits per heavy atom. The predicted octanol–water partition coefficient (Wildman–Crippen LogP) is 2.85. The summed E-state index contributed by atoms with van der Waals surface area (Å²) in [5, 5.41) is 0. The van der Waals surface area contributed by atoms with E-state index < -0.39 is 0 Å². The summed E-state index contributed by atoms with van der Waals surface area (Å²) in [5.74, 6) is 1.12. The second-order valence-corrected chi connectivity index (χ2v) is 8.27. The predicted molar refractivity (Wildman–Crippen MR) is 121 cm³/mol. The number of carbonyl (C=O) groups excluding carboxylic acids is 2. The van der Waals surface area contributed by atoms with E-state index in [1.54, 1.807) is 18.9 Å². The number of oxazole rings is 1. The van der Waals surface area contributed by atoms with E-state index in [4.69, 9.17) is 9.15 Å². The summed E-state index contributed by atoms with van der Waals surface area (Å²) in [6.07, 6.45) is 0.238. The Balaban J connectivity index is 1.24. The highest BCUT2D eigenvalue weighted by atomic mass is 16.5. The van der Waals surface area contributed by atoms with Crippen LogP contribution in [-0.2, 0) is 9.59 Å². The van der Waals surface area contributed by atoms with Crippen LogP contribution in [0.5, 0.6) is 5.75 Å². The molecule has 8 nitrogen and oxygen atoms in total. The Morgan fingerprint density at radius 2 is 1.91 bits per heavy atom. The van der Waals surface area contributed by atoms with Crippen LogP contribution >= 0.6 is 0 Å². The van der Waals surface area contributed by atoms with Gasteiger partial charge >= 0.3 is 0 Å². The number of piperazine rings is 1. The molecule has 0 radical (unpaired) electrons. The van der Waals surface area contributed by atoms with Crippen LogP contribution < -0.4 is 14.5 Å². The van der Waals surface area contributed by atoms with Gasteiger partial charge in [-0.15, -0.1) is 0 Å². The van der Waals surface area contributed by atoms with Gasteiger partial charge in [0.2, 0.25) is 11.8 Å². The van der Waals surface area contributed by atoms with Crippen molar-refractivity contribution in [3.05, 3.63) is 48.4 Å². The monoisotopic (exact) mass is 434 g/mol. The van der Waals surface area contributed by atoms with Crippen LogP contribution in [0, 0.1) is 12.8 Å². The molecule has 3 heterocycles. The topological polar surface area (TPSA) is 79.1 Å². The Labute approximate surface area is 186 Å². The van der Waals surface area contributed by atoms with Crippen molar-refractivity contribution < 1.29 is 18.7 Å². The highest BCUT2D eigenvalue weighted by molar-refractivity contribution is 6.01. The number of anilines is 2. The minimum atomic E-state index is -0.324. The molecule has 8 heteroatoms. The molecule has 2 aliphatic heterocycles. The molecule has 2 amide bonds. The quantitative estimate of drug-likeness (QED) is 0.628. The van der Waals surface area contributed by atoms with Crippen LogP contribution in [-0.4, -0.2) is 61.5 Å². The van der Waals surface area contributed by atoms with Gasteiger partial charge in [-0.3, -0.25) is 9.59 Å². The molecule has 0 spiro atoms. The lowest BCUT2D eigenvalue weighted by Gasteiger charge is -2.37. The van der Waals surface area contributed by atoms with Gasteiger partial charge in [-0.05, 0) is 30.3 Å². The van der Waals surface area contributed by atoms with E-state index in [0.717, 1.165) is 35.7 Å². The molecule has 32 heavy (non-hydrogen) atoms. The van der Waals surface area contributed by atoms with E-state index in [9.17, 15) is 9.59 Å². The smallest absolute Gasteiger partial charge is 0.228 e. The van der Waals surface area contributed by atoms with Crippen molar-refractivity contribution in [3.63, 3.8) is 0 Å². The summed E-state index contributed by atoms with van der Waals surface area (Å²) in [6, 6.07) is 13.5. The number of carbonyl (C=O) groups is 2. The molecule has 1 atom stereocenters. The number of fused-ring (bicyclic) bond motifs is 1. The summed E-state index contributed by atoms with van der Waals surface area (Å²) in [4.78, 5) is 36.1. The van der Waals surface area contributed by atoms with Crippen molar-refractivity contribution in [1.82, 2.24) is 9.88 Å². The number of methoxy groups -OCH3 is 1. The summed E-state index contributed by atoms with van der Waals surface area (Å²) >= 11 is 0. The van der Waals surface area contributed by atoms with Crippen molar-refractivity contribution in [1.29, 1.82) is 0 Å². The number of rotatable bonds is 4. The Kier molecular flexibility index (Phi) is 5.20. The maximum Gasteiger partial charge on any atom is 0.228 e. The molecule has 1 aromatic heterocycles. The second kappa shape index (κ2) is 8.18. The Hall–Kier alpha value is -3.55. The molecular formula is C24H26N4O4. The highest BCUT2D eigenvalue weighted by Gasteiger charge is 2.38. The molecular weight excluding hydrogens is 408 g/mol. The zero-order valence-electron chi connectivity index (χ0n) is 18.3. The van der Waals surface area contributed by atoms with Gasteiger partial charge in [0, 0.05) is 51.8 Å². The number of amides is 2. The number of benzene rings is 2.